The molecule has 8 atom stereocenters. The van der Waals surface area contributed by atoms with Gasteiger partial charge in [0, 0.05) is 11.7 Å². The summed E-state index contributed by atoms with van der Waals surface area (Å²) in [4.78, 5) is 90.9. The smallest absolute Gasteiger partial charge is 0.343 e. The first-order valence-electron chi connectivity index (χ1n) is 25.1. The lowest BCUT2D eigenvalue weighted by Crippen LogP contribution is -2.75. The maximum Gasteiger partial charge on any atom is 0.343 e. The zero-order valence-corrected chi connectivity index (χ0v) is 44.5. The number of nitrogens with two attached hydrogens (primary N) is 3. The van der Waals surface area contributed by atoms with E-state index in [-0.39, 0.29) is 28.0 Å². The summed E-state index contributed by atoms with van der Waals surface area (Å²) in [7, 11) is 0. The normalized spacial score (nSPS) is 15.2. The van der Waals surface area contributed by atoms with Gasteiger partial charge in [-0.1, -0.05) is 182 Å². The third kappa shape index (κ3) is 13.2. The molecule has 3 amide bonds. The molecule has 0 spiro atoms. The van der Waals surface area contributed by atoms with Gasteiger partial charge in [-0.2, -0.15) is 11.8 Å². The van der Waals surface area contributed by atoms with Crippen LogP contribution in [0.25, 0.3) is 0 Å². The predicted molar refractivity (Wildman–Crippen MR) is 295 cm³/mol. The number of Topliss-reactive ketones (excluding diaryl/α,β-unsaturated/α-hetero) is 1. The molecule has 17 nitrogen and oxygen atoms in total. The maximum absolute atomic E-state index is 16.0. The molecule has 0 aliphatic carbocycles. The number of ketones is 1. The van der Waals surface area contributed by atoms with E-state index in [1.807, 2.05) is 0 Å². The minimum absolute atomic E-state index is 0.0808. The molecular weight excluding hydrogens is 1010 g/mol. The number of aliphatic hydroxyl groups excluding tert-OH is 4. The van der Waals surface area contributed by atoms with Crippen LogP contribution in [-0.2, 0) is 43.8 Å². The van der Waals surface area contributed by atoms with Gasteiger partial charge in [0.2, 0.25) is 17.4 Å². The SMILES string of the molecule is CSC[C@H](N)C(=O)N(C(c1ccccc1)(c1ccccc1)c1ccccc1)[C@@](CC(N)=O)(C(=O)N[C@@H](CO)C(=O)[C@@H](O)[C@H](O)C(O)C(c1ccccc1)[C@H](N)C(=O)OC(c1ccccc1)c1ccccc1)C(=O)OC(C)(C)C. The number of hydrogen-bond acceptors (Lipinski definition) is 15. The van der Waals surface area contributed by atoms with E-state index in [4.69, 9.17) is 26.7 Å². The number of carbonyl (C=O) groups excluding carboxylic acids is 6. The Morgan fingerprint density at radius 2 is 1.04 bits per heavy atom. The van der Waals surface area contributed by atoms with Crippen LogP contribution >= 0.6 is 11.8 Å². The van der Waals surface area contributed by atoms with E-state index in [2.05, 4.69) is 5.32 Å². The predicted octanol–water partition coefficient (Wildman–Crippen LogP) is 4.03. The van der Waals surface area contributed by atoms with Gasteiger partial charge in [-0.05, 0) is 60.4 Å². The summed E-state index contributed by atoms with van der Waals surface area (Å²) < 4.78 is 12.0. The Balaban J connectivity index is 1.48. The zero-order chi connectivity index (χ0) is 56.8. The van der Waals surface area contributed by atoms with Gasteiger partial charge < -0.3 is 52.4 Å². The van der Waals surface area contributed by atoms with Crippen LogP contribution in [0.5, 0.6) is 0 Å². The van der Waals surface area contributed by atoms with Gasteiger partial charge in [-0.25, -0.2) is 4.79 Å². The minimum Gasteiger partial charge on any atom is -0.458 e. The Morgan fingerprint density at radius 1 is 0.628 bits per heavy atom. The molecule has 0 aliphatic heterocycles. The van der Waals surface area contributed by atoms with E-state index >= 15 is 14.4 Å². The Labute approximate surface area is 457 Å². The Bertz CT molecular complexity index is 2800. The summed E-state index contributed by atoms with van der Waals surface area (Å²) in [5.74, 6) is -9.68. The van der Waals surface area contributed by atoms with Crippen molar-refractivity contribution in [3.63, 3.8) is 0 Å². The monoisotopic (exact) mass is 1080 g/mol. The number of ether oxygens (including phenoxy) is 2. The fourth-order valence-corrected chi connectivity index (χ4v) is 10.1. The third-order valence-corrected chi connectivity index (χ3v) is 13.9. The highest BCUT2D eigenvalue weighted by molar-refractivity contribution is 7.98. The molecule has 0 saturated carbocycles. The summed E-state index contributed by atoms with van der Waals surface area (Å²) in [6, 6.07) is 44.8. The first-order valence-corrected chi connectivity index (χ1v) is 26.5. The average molecular weight is 1080 g/mol. The fourth-order valence-electron chi connectivity index (χ4n) is 9.59. The number of amides is 3. The number of hydrogen-bond donors (Lipinski definition) is 8. The van der Waals surface area contributed by atoms with Crippen molar-refractivity contribution in [3.8, 4) is 0 Å². The Morgan fingerprint density at radius 3 is 1.42 bits per heavy atom. The molecule has 410 valence electrons. The molecule has 0 heterocycles. The Kier molecular flexibility index (Phi) is 20.4. The van der Waals surface area contributed by atoms with E-state index in [9.17, 15) is 34.8 Å². The average Bonchev–Trinajstić information content (AvgIpc) is 3.63. The summed E-state index contributed by atoms with van der Waals surface area (Å²) in [6.45, 7) is 3.10. The molecule has 0 radical (unpaired) electrons. The summed E-state index contributed by atoms with van der Waals surface area (Å²) in [5, 5.41) is 49.1. The van der Waals surface area contributed by atoms with Gasteiger partial charge in [0.15, 0.2) is 11.9 Å². The lowest BCUT2D eigenvalue weighted by Gasteiger charge is -2.53. The number of rotatable bonds is 25. The van der Waals surface area contributed by atoms with E-state index in [1.165, 1.54) is 44.7 Å². The number of thioether (sulfide) groups is 1. The van der Waals surface area contributed by atoms with Crippen molar-refractivity contribution in [1.82, 2.24) is 10.2 Å². The number of benzene rings is 6. The van der Waals surface area contributed by atoms with Crippen LogP contribution in [0, 0.1) is 0 Å². The van der Waals surface area contributed by atoms with E-state index in [0.29, 0.717) is 11.1 Å². The molecule has 11 N–H and O–H groups in total. The number of nitrogens with one attached hydrogen (secondary N) is 1. The first kappa shape index (κ1) is 59.7. The van der Waals surface area contributed by atoms with Gasteiger partial charge in [0.05, 0.1) is 25.2 Å². The zero-order valence-electron chi connectivity index (χ0n) is 43.7. The molecule has 6 aromatic carbocycles. The summed E-state index contributed by atoms with van der Waals surface area (Å²) in [5.41, 5.74) is 14.9. The molecule has 6 aromatic rings. The molecule has 0 bridgehead atoms. The molecule has 0 aliphatic rings. The Hall–Kier alpha value is -7.55. The molecule has 0 saturated heterocycles. The molecule has 0 fully saturated rings. The molecular formula is C60H67N5O12S. The summed E-state index contributed by atoms with van der Waals surface area (Å²) >= 11 is 1.17. The van der Waals surface area contributed by atoms with Gasteiger partial charge in [-0.3, -0.25) is 28.9 Å². The van der Waals surface area contributed by atoms with Crippen LogP contribution in [0.2, 0.25) is 0 Å². The van der Waals surface area contributed by atoms with Crippen LogP contribution in [0.4, 0.5) is 0 Å². The maximum atomic E-state index is 16.0. The van der Waals surface area contributed by atoms with Crippen molar-refractivity contribution in [2.45, 2.75) is 92.3 Å². The van der Waals surface area contributed by atoms with Crippen LogP contribution in [0.15, 0.2) is 182 Å². The van der Waals surface area contributed by atoms with Gasteiger partial charge in [0.25, 0.3) is 5.91 Å². The standard InChI is InChI=1S/C60H67N5O12S/c1-58(2,3)77-57(75)59(35-46(62)67,65(54(72)44(61)37-78-4)60(41-29-17-8-18-30-41,42-31-19-9-20-32-42)43-33-21-10-22-34-43)56(74)64-45(36-66)49(68)51(70)52(71)50(69)47(38-23-11-5-12-24-38)48(63)55(73)76-53(39-25-13-6-14-26-39)40-27-15-7-16-28-40/h5-34,44-45,47-48,50-53,66,69-71H,35-37,61,63H2,1-4H3,(H2,62,67)(H,64,74)/t44-,45-,47?,48-,50?,51+,52+,59-/m0/s1. The lowest BCUT2D eigenvalue weighted by molar-refractivity contribution is -0.184. The minimum atomic E-state index is -3.24. The van der Waals surface area contributed by atoms with Crippen molar-refractivity contribution in [2.75, 3.05) is 18.6 Å². The first-order chi connectivity index (χ1) is 37.2. The third-order valence-electron chi connectivity index (χ3n) is 13.2. The second kappa shape index (κ2) is 26.7. The quantitative estimate of drug-likeness (QED) is 0.0228. The highest BCUT2D eigenvalue weighted by Gasteiger charge is 2.64. The highest BCUT2D eigenvalue weighted by atomic mass is 32.2. The van der Waals surface area contributed by atoms with Gasteiger partial charge in [-0.15, -0.1) is 0 Å². The summed E-state index contributed by atoms with van der Waals surface area (Å²) in [6.07, 6.45) is -8.02. The van der Waals surface area contributed by atoms with Crippen molar-refractivity contribution in [1.29, 1.82) is 0 Å². The van der Waals surface area contributed by atoms with E-state index in [1.54, 1.807) is 176 Å². The van der Waals surface area contributed by atoms with Crippen molar-refractivity contribution < 1.29 is 58.7 Å². The van der Waals surface area contributed by atoms with Crippen LogP contribution in [0.1, 0.15) is 72.6 Å². The van der Waals surface area contributed by atoms with E-state index < -0.39 is 114 Å². The topological polar surface area (TPSA) is 295 Å². The second-order valence-corrected chi connectivity index (χ2v) is 20.6. The molecule has 0 aromatic heterocycles. The number of aliphatic hydroxyl groups is 4. The number of nitrogens with zero attached hydrogens (tertiary/aromatic N) is 1. The highest BCUT2D eigenvalue weighted by Crippen LogP contribution is 2.48. The van der Waals surface area contributed by atoms with Crippen LogP contribution in [-0.4, -0.2) is 127 Å². The number of esters is 2. The number of primary amides is 1. The molecule has 2 unspecified atom stereocenters. The van der Waals surface area contributed by atoms with Crippen molar-refractivity contribution >= 4 is 47.2 Å². The van der Waals surface area contributed by atoms with E-state index in [0.717, 1.165) is 4.90 Å². The van der Waals surface area contributed by atoms with Crippen LogP contribution < -0.4 is 22.5 Å². The van der Waals surface area contributed by atoms with Crippen molar-refractivity contribution in [2.24, 2.45) is 17.2 Å². The molecule has 6 rings (SSSR count). The lowest BCUT2D eigenvalue weighted by atomic mass is 9.71. The molecule has 78 heavy (non-hydrogen) atoms. The number of carbonyl (C=O) groups is 6. The van der Waals surface area contributed by atoms with Gasteiger partial charge in [0.1, 0.15) is 35.4 Å². The second-order valence-electron chi connectivity index (χ2n) is 19.7. The van der Waals surface area contributed by atoms with Crippen LogP contribution in [0.3, 0.4) is 0 Å². The largest absolute Gasteiger partial charge is 0.458 e. The van der Waals surface area contributed by atoms with Crippen molar-refractivity contribution in [3.05, 3.63) is 215 Å². The molecule has 18 heteroatoms. The van der Waals surface area contributed by atoms with Gasteiger partial charge >= 0.3 is 11.9 Å². The fraction of sp³-hybridized carbons (Fsp3) is 0.300.